The van der Waals surface area contributed by atoms with E-state index in [1.54, 1.807) is 0 Å². The van der Waals surface area contributed by atoms with Crippen LogP contribution < -0.4 is 0 Å². The van der Waals surface area contributed by atoms with Gasteiger partial charge in [0.05, 0.1) is 0 Å². The summed E-state index contributed by atoms with van der Waals surface area (Å²) in [7, 11) is 0. The third kappa shape index (κ3) is 0.893. The Morgan fingerprint density at radius 2 is 2.33 bits per heavy atom. The molecule has 0 saturated heterocycles. The smallest absolute Gasteiger partial charge is 0.226 e. The van der Waals surface area contributed by atoms with Crippen LogP contribution in [0.1, 0.15) is 19.3 Å². The minimum absolute atomic E-state index is 0.0602. The van der Waals surface area contributed by atoms with E-state index in [1.165, 1.54) is 6.07 Å². The monoisotopic (exact) mass is 131 g/mol. The lowest BCUT2D eigenvalue weighted by Crippen LogP contribution is -2.26. The van der Waals surface area contributed by atoms with Crippen molar-refractivity contribution in [2.45, 2.75) is 31.1 Å². The largest absolute Gasteiger partial charge is 0.243 e. The first-order chi connectivity index (χ1) is 4.19. The number of nitriles is 1. The number of halogens is 2. The molecule has 0 aromatic rings. The van der Waals surface area contributed by atoms with Crippen molar-refractivity contribution in [3.05, 3.63) is 0 Å². The highest BCUT2D eigenvalue weighted by molar-refractivity contribution is 5.09. The predicted octanol–water partition coefficient (Wildman–Crippen LogP) is 1.74. The van der Waals surface area contributed by atoms with Crippen LogP contribution in [-0.2, 0) is 0 Å². The molecule has 0 heterocycles. The zero-order valence-electron chi connectivity index (χ0n) is 4.90. The Labute approximate surface area is 52.3 Å². The lowest BCUT2D eigenvalue weighted by molar-refractivity contribution is 0.133. The van der Waals surface area contributed by atoms with E-state index < -0.39 is 11.8 Å². The van der Waals surface area contributed by atoms with Crippen molar-refractivity contribution in [1.82, 2.24) is 0 Å². The van der Waals surface area contributed by atoms with Crippen molar-refractivity contribution in [3.63, 3.8) is 0 Å². The molecule has 0 radical (unpaired) electrons. The molecule has 1 aliphatic carbocycles. The van der Waals surface area contributed by atoms with Crippen molar-refractivity contribution in [3.8, 4) is 6.07 Å². The molecule has 1 rings (SSSR count). The summed E-state index contributed by atoms with van der Waals surface area (Å²) >= 11 is 0. The standard InChI is InChI=1S/C6H7F2N/c7-5-2-1-3-6(5,8)4-9/h5H,1-3H2. The molecule has 0 spiro atoms. The lowest BCUT2D eigenvalue weighted by atomic mass is 10.1. The highest BCUT2D eigenvalue weighted by Gasteiger charge is 2.44. The molecule has 0 bridgehead atoms. The van der Waals surface area contributed by atoms with Gasteiger partial charge < -0.3 is 0 Å². The van der Waals surface area contributed by atoms with Gasteiger partial charge >= 0.3 is 0 Å². The van der Waals surface area contributed by atoms with Crippen LogP contribution in [0.5, 0.6) is 0 Å². The number of alkyl halides is 2. The summed E-state index contributed by atoms with van der Waals surface area (Å²) in [6.45, 7) is 0. The molecule has 0 aromatic heterocycles. The molecule has 1 fully saturated rings. The zero-order valence-corrected chi connectivity index (χ0v) is 4.90. The van der Waals surface area contributed by atoms with Crippen LogP contribution in [-0.4, -0.2) is 11.8 Å². The third-order valence-corrected chi connectivity index (χ3v) is 1.68. The molecule has 9 heavy (non-hydrogen) atoms. The Balaban J connectivity index is 2.70. The van der Waals surface area contributed by atoms with Crippen LogP contribution in [0.4, 0.5) is 8.78 Å². The normalized spacial score (nSPS) is 42.6. The Hall–Kier alpha value is -0.650. The van der Waals surface area contributed by atoms with Crippen LogP contribution >= 0.6 is 0 Å². The number of hydrogen-bond donors (Lipinski definition) is 0. The van der Waals surface area contributed by atoms with Gasteiger partial charge in [-0.25, -0.2) is 8.78 Å². The van der Waals surface area contributed by atoms with Crippen molar-refractivity contribution in [2.24, 2.45) is 0 Å². The van der Waals surface area contributed by atoms with Crippen molar-refractivity contribution in [1.29, 1.82) is 5.26 Å². The van der Waals surface area contributed by atoms with E-state index in [2.05, 4.69) is 0 Å². The minimum Gasteiger partial charge on any atom is -0.243 e. The fourth-order valence-electron chi connectivity index (χ4n) is 1.05. The number of hydrogen-bond acceptors (Lipinski definition) is 1. The van der Waals surface area contributed by atoms with E-state index in [0.29, 0.717) is 6.42 Å². The molecule has 2 atom stereocenters. The maximum Gasteiger partial charge on any atom is 0.226 e. The third-order valence-electron chi connectivity index (χ3n) is 1.68. The summed E-state index contributed by atoms with van der Waals surface area (Å²) in [6, 6.07) is 1.35. The lowest BCUT2D eigenvalue weighted by Gasteiger charge is -2.10. The fourth-order valence-corrected chi connectivity index (χ4v) is 1.05. The average molecular weight is 131 g/mol. The molecule has 1 saturated carbocycles. The minimum atomic E-state index is -2.17. The van der Waals surface area contributed by atoms with Gasteiger partial charge in [0.1, 0.15) is 12.2 Å². The van der Waals surface area contributed by atoms with Gasteiger partial charge in [-0.05, 0) is 19.3 Å². The quantitative estimate of drug-likeness (QED) is 0.491. The van der Waals surface area contributed by atoms with Crippen LogP contribution in [0.2, 0.25) is 0 Å². The Morgan fingerprint density at radius 3 is 2.56 bits per heavy atom. The van der Waals surface area contributed by atoms with Gasteiger partial charge in [-0.1, -0.05) is 0 Å². The molecule has 0 amide bonds. The molecule has 2 unspecified atom stereocenters. The zero-order chi connectivity index (χ0) is 6.91. The van der Waals surface area contributed by atoms with Gasteiger partial charge in [-0.15, -0.1) is 0 Å². The fraction of sp³-hybridized carbons (Fsp3) is 0.833. The van der Waals surface area contributed by atoms with E-state index in [4.69, 9.17) is 5.26 Å². The van der Waals surface area contributed by atoms with Crippen molar-refractivity contribution in [2.75, 3.05) is 0 Å². The molecule has 3 heteroatoms. The molecule has 0 aliphatic heterocycles. The highest BCUT2D eigenvalue weighted by Crippen LogP contribution is 2.35. The number of rotatable bonds is 0. The van der Waals surface area contributed by atoms with E-state index in [9.17, 15) is 8.78 Å². The first-order valence-electron chi connectivity index (χ1n) is 2.93. The summed E-state index contributed by atoms with van der Waals surface area (Å²) in [6.07, 6.45) is -0.803. The van der Waals surface area contributed by atoms with Crippen LogP contribution in [0.3, 0.4) is 0 Å². The maximum absolute atomic E-state index is 12.7. The van der Waals surface area contributed by atoms with Crippen LogP contribution in [0.25, 0.3) is 0 Å². The Bertz CT molecular complexity index is 152. The topological polar surface area (TPSA) is 23.8 Å². The van der Waals surface area contributed by atoms with Gasteiger partial charge in [-0.2, -0.15) is 5.26 Å². The summed E-state index contributed by atoms with van der Waals surface area (Å²) < 4.78 is 25.1. The molecule has 0 aromatic carbocycles. The molecule has 50 valence electrons. The summed E-state index contributed by atoms with van der Waals surface area (Å²) in [4.78, 5) is 0. The SMILES string of the molecule is N#CC1(F)CCCC1F. The van der Waals surface area contributed by atoms with Crippen molar-refractivity contribution < 1.29 is 8.78 Å². The molecule has 0 N–H and O–H groups in total. The second-order valence-electron chi connectivity index (χ2n) is 2.33. The first kappa shape index (κ1) is 6.47. The molecule has 1 nitrogen and oxygen atoms in total. The summed E-state index contributed by atoms with van der Waals surface area (Å²) in [5.74, 6) is 0. The highest BCUT2D eigenvalue weighted by atomic mass is 19.2. The predicted molar refractivity (Wildman–Crippen MR) is 28.2 cm³/mol. The van der Waals surface area contributed by atoms with Crippen LogP contribution in [0, 0.1) is 11.3 Å². The number of nitrogens with zero attached hydrogens (tertiary/aromatic N) is 1. The first-order valence-corrected chi connectivity index (χ1v) is 2.93. The maximum atomic E-state index is 12.7. The molecule has 1 aliphatic rings. The molecular formula is C6H7F2N. The van der Waals surface area contributed by atoms with Crippen molar-refractivity contribution >= 4 is 0 Å². The Kier molecular flexibility index (Phi) is 1.40. The van der Waals surface area contributed by atoms with E-state index in [1.807, 2.05) is 0 Å². The van der Waals surface area contributed by atoms with Gasteiger partial charge in [0.25, 0.3) is 0 Å². The van der Waals surface area contributed by atoms with Gasteiger partial charge in [0, 0.05) is 0 Å². The summed E-state index contributed by atoms with van der Waals surface area (Å²) in [5.41, 5.74) is -2.17. The van der Waals surface area contributed by atoms with Crippen LogP contribution in [0.15, 0.2) is 0 Å². The Morgan fingerprint density at radius 1 is 1.67 bits per heavy atom. The van der Waals surface area contributed by atoms with Gasteiger partial charge in [0.2, 0.25) is 5.67 Å². The average Bonchev–Trinajstić information content (AvgIpc) is 2.15. The van der Waals surface area contributed by atoms with Gasteiger partial charge in [0.15, 0.2) is 0 Å². The van der Waals surface area contributed by atoms with E-state index in [0.717, 1.165) is 0 Å². The second kappa shape index (κ2) is 1.94. The van der Waals surface area contributed by atoms with E-state index in [-0.39, 0.29) is 12.8 Å². The van der Waals surface area contributed by atoms with E-state index >= 15 is 0 Å². The van der Waals surface area contributed by atoms with Gasteiger partial charge in [-0.3, -0.25) is 0 Å². The molecular weight excluding hydrogens is 124 g/mol. The second-order valence-corrected chi connectivity index (χ2v) is 2.33. The summed E-state index contributed by atoms with van der Waals surface area (Å²) in [5, 5.41) is 8.13.